The predicted octanol–water partition coefficient (Wildman–Crippen LogP) is 2.99. The highest BCUT2D eigenvalue weighted by Gasteiger charge is 2.22. The summed E-state index contributed by atoms with van der Waals surface area (Å²) in [6, 6.07) is 4.20. The van der Waals surface area contributed by atoms with Gasteiger partial charge in [0.15, 0.2) is 0 Å². The maximum absolute atomic E-state index is 8.93. The molecule has 84 valence electrons. The van der Waals surface area contributed by atoms with Gasteiger partial charge in [0.1, 0.15) is 16.9 Å². The minimum atomic E-state index is 0.452. The fourth-order valence-corrected chi connectivity index (χ4v) is 2.39. The number of hydrogen-bond donors (Lipinski definition) is 0. The number of rotatable bonds is 1. The molecule has 1 unspecified atom stereocenters. The summed E-state index contributed by atoms with van der Waals surface area (Å²) in [5.74, 6) is 0.757. The molecule has 1 aromatic rings. The first-order chi connectivity index (χ1) is 7.74. The van der Waals surface area contributed by atoms with E-state index in [-0.39, 0.29) is 0 Å². The number of hydrogen-bond acceptors (Lipinski definition) is 3. The summed E-state index contributed by atoms with van der Waals surface area (Å²) in [6.45, 7) is 3.15. The summed E-state index contributed by atoms with van der Waals surface area (Å²) in [7, 11) is 0. The van der Waals surface area contributed by atoms with Gasteiger partial charge in [-0.2, -0.15) is 5.26 Å². The zero-order valence-electron chi connectivity index (χ0n) is 9.28. The van der Waals surface area contributed by atoms with Crippen LogP contribution in [0.2, 0.25) is 5.02 Å². The van der Waals surface area contributed by atoms with Crippen molar-refractivity contribution in [2.24, 2.45) is 0 Å². The first kappa shape index (κ1) is 11.2. The molecule has 0 bridgehead atoms. The summed E-state index contributed by atoms with van der Waals surface area (Å²) in [5, 5.41) is 9.41. The lowest BCUT2D eigenvalue weighted by molar-refractivity contribution is 0.481. The largest absolute Gasteiger partial charge is 0.353 e. The third-order valence-corrected chi connectivity index (χ3v) is 3.44. The van der Waals surface area contributed by atoms with E-state index in [4.69, 9.17) is 16.9 Å². The standard InChI is InChI=1S/C12H14ClN3/c1-9-4-2-3-7-16(9)12-11(13)10(8-14)5-6-15-12/h5-6,9H,2-4,7H2,1H3. The van der Waals surface area contributed by atoms with Crippen molar-refractivity contribution >= 4 is 17.4 Å². The highest BCUT2D eigenvalue weighted by Crippen LogP contribution is 2.30. The molecule has 0 aromatic carbocycles. The average molecular weight is 236 g/mol. The molecule has 1 aliphatic rings. The van der Waals surface area contributed by atoms with Crippen LogP contribution in [0.25, 0.3) is 0 Å². The highest BCUT2D eigenvalue weighted by atomic mass is 35.5. The maximum atomic E-state index is 8.93. The number of nitriles is 1. The molecule has 16 heavy (non-hydrogen) atoms. The van der Waals surface area contributed by atoms with Crippen molar-refractivity contribution in [2.45, 2.75) is 32.2 Å². The van der Waals surface area contributed by atoms with Gasteiger partial charge in [-0.25, -0.2) is 4.98 Å². The molecule has 0 spiro atoms. The van der Waals surface area contributed by atoms with Gasteiger partial charge in [0.25, 0.3) is 0 Å². The van der Waals surface area contributed by atoms with Gasteiger partial charge < -0.3 is 4.90 Å². The number of piperidine rings is 1. The predicted molar refractivity (Wildman–Crippen MR) is 64.6 cm³/mol. The Morgan fingerprint density at radius 3 is 3.06 bits per heavy atom. The molecule has 1 fully saturated rings. The summed E-state index contributed by atoms with van der Waals surface area (Å²) >= 11 is 6.18. The maximum Gasteiger partial charge on any atom is 0.148 e. The average Bonchev–Trinajstić information content (AvgIpc) is 2.31. The Labute approximate surface area is 101 Å². The van der Waals surface area contributed by atoms with Crippen molar-refractivity contribution < 1.29 is 0 Å². The summed E-state index contributed by atoms with van der Waals surface area (Å²) in [4.78, 5) is 6.50. The zero-order chi connectivity index (χ0) is 11.5. The van der Waals surface area contributed by atoms with Crippen LogP contribution in [-0.2, 0) is 0 Å². The van der Waals surface area contributed by atoms with Gasteiger partial charge in [-0.05, 0) is 32.3 Å². The van der Waals surface area contributed by atoms with E-state index in [1.807, 2.05) is 0 Å². The first-order valence-electron chi connectivity index (χ1n) is 5.55. The van der Waals surface area contributed by atoms with Gasteiger partial charge in [0.05, 0.1) is 5.56 Å². The van der Waals surface area contributed by atoms with E-state index < -0.39 is 0 Å². The lowest BCUT2D eigenvalue weighted by Gasteiger charge is -2.34. The van der Waals surface area contributed by atoms with Gasteiger partial charge in [-0.3, -0.25) is 0 Å². The Morgan fingerprint density at radius 1 is 1.56 bits per heavy atom. The van der Waals surface area contributed by atoms with Crippen LogP contribution < -0.4 is 4.90 Å². The van der Waals surface area contributed by atoms with E-state index in [2.05, 4.69) is 22.9 Å². The van der Waals surface area contributed by atoms with E-state index in [1.165, 1.54) is 12.8 Å². The van der Waals surface area contributed by atoms with E-state index in [1.54, 1.807) is 12.3 Å². The molecule has 0 radical (unpaired) electrons. The number of pyridine rings is 1. The van der Waals surface area contributed by atoms with Crippen molar-refractivity contribution in [1.29, 1.82) is 5.26 Å². The van der Waals surface area contributed by atoms with Gasteiger partial charge in [0.2, 0.25) is 0 Å². The minimum Gasteiger partial charge on any atom is -0.353 e. The van der Waals surface area contributed by atoms with Crippen LogP contribution in [0.4, 0.5) is 5.82 Å². The third-order valence-electron chi connectivity index (χ3n) is 3.07. The fraction of sp³-hybridized carbons (Fsp3) is 0.500. The van der Waals surface area contributed by atoms with Gasteiger partial charge in [-0.1, -0.05) is 11.6 Å². The lowest BCUT2D eigenvalue weighted by Crippen LogP contribution is -2.38. The Balaban J connectivity index is 2.36. The molecule has 0 aliphatic carbocycles. The first-order valence-corrected chi connectivity index (χ1v) is 5.93. The second-order valence-corrected chi connectivity index (χ2v) is 4.52. The van der Waals surface area contributed by atoms with Crippen LogP contribution in [0.15, 0.2) is 12.3 Å². The van der Waals surface area contributed by atoms with E-state index >= 15 is 0 Å². The molecule has 2 heterocycles. The zero-order valence-corrected chi connectivity index (χ0v) is 10.0. The molecule has 1 saturated heterocycles. The molecular formula is C12H14ClN3. The van der Waals surface area contributed by atoms with Gasteiger partial charge in [0, 0.05) is 18.8 Å². The SMILES string of the molecule is CC1CCCCN1c1nccc(C#N)c1Cl. The van der Waals surface area contributed by atoms with Crippen molar-refractivity contribution in [3.05, 3.63) is 22.8 Å². The van der Waals surface area contributed by atoms with Crippen LogP contribution in [-0.4, -0.2) is 17.6 Å². The van der Waals surface area contributed by atoms with Crippen molar-refractivity contribution in [2.75, 3.05) is 11.4 Å². The Morgan fingerprint density at radius 2 is 2.38 bits per heavy atom. The summed E-state index contributed by atoms with van der Waals surface area (Å²) in [6.07, 6.45) is 5.24. The molecule has 3 nitrogen and oxygen atoms in total. The Hall–Kier alpha value is -1.27. The molecular weight excluding hydrogens is 222 g/mol. The van der Waals surface area contributed by atoms with Gasteiger partial charge >= 0.3 is 0 Å². The molecule has 0 amide bonds. The lowest BCUT2D eigenvalue weighted by atomic mass is 10.0. The Kier molecular flexibility index (Phi) is 3.31. The van der Waals surface area contributed by atoms with Crippen LogP contribution >= 0.6 is 11.6 Å². The number of aromatic nitrogens is 1. The normalized spacial score (nSPS) is 20.6. The molecule has 1 aliphatic heterocycles. The molecule has 0 N–H and O–H groups in total. The van der Waals surface area contributed by atoms with Crippen LogP contribution in [0.3, 0.4) is 0 Å². The minimum absolute atomic E-state index is 0.452. The van der Waals surface area contributed by atoms with E-state index in [0.29, 0.717) is 16.6 Å². The Bertz CT molecular complexity index is 425. The second kappa shape index (κ2) is 4.71. The molecule has 1 atom stereocenters. The highest BCUT2D eigenvalue weighted by molar-refractivity contribution is 6.34. The third kappa shape index (κ3) is 1.98. The van der Waals surface area contributed by atoms with Crippen LogP contribution in [0.5, 0.6) is 0 Å². The second-order valence-electron chi connectivity index (χ2n) is 4.15. The smallest absolute Gasteiger partial charge is 0.148 e. The van der Waals surface area contributed by atoms with E-state index in [9.17, 15) is 0 Å². The molecule has 0 saturated carbocycles. The summed E-state index contributed by atoms with van der Waals surface area (Å²) in [5.41, 5.74) is 0.504. The molecule has 1 aromatic heterocycles. The van der Waals surface area contributed by atoms with Crippen molar-refractivity contribution in [3.63, 3.8) is 0 Å². The van der Waals surface area contributed by atoms with E-state index in [0.717, 1.165) is 18.8 Å². The number of halogens is 1. The fourth-order valence-electron chi connectivity index (χ4n) is 2.13. The van der Waals surface area contributed by atoms with Gasteiger partial charge in [-0.15, -0.1) is 0 Å². The molecule has 2 rings (SSSR count). The topological polar surface area (TPSA) is 39.9 Å². The van der Waals surface area contributed by atoms with Crippen LogP contribution in [0, 0.1) is 11.3 Å². The number of anilines is 1. The molecule has 4 heteroatoms. The number of nitrogens with zero attached hydrogens (tertiary/aromatic N) is 3. The van der Waals surface area contributed by atoms with Crippen molar-refractivity contribution in [3.8, 4) is 6.07 Å². The quantitative estimate of drug-likeness (QED) is 0.751. The van der Waals surface area contributed by atoms with Crippen LogP contribution in [0.1, 0.15) is 31.7 Å². The van der Waals surface area contributed by atoms with Crippen molar-refractivity contribution in [1.82, 2.24) is 4.98 Å². The summed E-state index contributed by atoms with van der Waals surface area (Å²) < 4.78 is 0. The monoisotopic (exact) mass is 235 g/mol.